The zero-order valence-corrected chi connectivity index (χ0v) is 11.1. The molecule has 0 aliphatic carbocycles. The maximum atomic E-state index is 11.5. The molecular weight excluding hydrogens is 252 g/mol. The van der Waals surface area contributed by atoms with Crippen LogP contribution in [0.3, 0.4) is 0 Å². The second kappa shape index (κ2) is 7.71. The Balaban J connectivity index is 2.21. The molecule has 0 aliphatic heterocycles. The van der Waals surface area contributed by atoms with E-state index in [4.69, 9.17) is 11.6 Å². The minimum atomic E-state index is -0.261. The maximum Gasteiger partial charge on any atom is 0.234 e. The summed E-state index contributed by atoms with van der Waals surface area (Å²) in [6.45, 7) is 2.83. The van der Waals surface area contributed by atoms with Gasteiger partial charge in [-0.05, 0) is 12.5 Å². The van der Waals surface area contributed by atoms with Crippen LogP contribution in [-0.2, 0) is 16.1 Å². The molecule has 0 bridgehead atoms. The third kappa shape index (κ3) is 5.68. The Kier molecular flexibility index (Phi) is 6.22. The molecule has 0 saturated heterocycles. The number of amides is 2. The number of rotatable bonds is 6. The summed E-state index contributed by atoms with van der Waals surface area (Å²) in [5.41, 5.74) is 2.24. The second-order valence-electron chi connectivity index (χ2n) is 4.00. The van der Waals surface area contributed by atoms with E-state index in [1.165, 1.54) is 5.56 Å². The van der Waals surface area contributed by atoms with E-state index in [1.54, 1.807) is 0 Å². The van der Waals surface area contributed by atoms with Crippen LogP contribution < -0.4 is 10.6 Å². The van der Waals surface area contributed by atoms with Crippen molar-refractivity contribution in [3.05, 3.63) is 35.4 Å². The van der Waals surface area contributed by atoms with Crippen molar-refractivity contribution in [1.29, 1.82) is 0 Å². The molecule has 1 aromatic rings. The fourth-order valence-electron chi connectivity index (χ4n) is 1.36. The number of halogens is 1. The summed E-state index contributed by atoms with van der Waals surface area (Å²) < 4.78 is 0. The normalized spacial score (nSPS) is 9.89. The highest BCUT2D eigenvalue weighted by atomic mass is 35.5. The first-order chi connectivity index (χ1) is 8.61. The molecular formula is C13H17ClN2O2. The van der Waals surface area contributed by atoms with Crippen molar-refractivity contribution < 1.29 is 9.59 Å². The zero-order chi connectivity index (χ0) is 13.4. The number of alkyl halides is 1. The molecule has 0 saturated carbocycles. The summed E-state index contributed by atoms with van der Waals surface area (Å²) in [6, 6.07) is 7.96. The molecule has 0 aliphatic rings. The molecule has 0 unspecified atom stereocenters. The number of carbonyl (C=O) groups excluding carboxylic acids is 2. The summed E-state index contributed by atoms with van der Waals surface area (Å²) in [5.74, 6) is -0.432. The lowest BCUT2D eigenvalue weighted by atomic mass is 10.1. The first-order valence-electron chi connectivity index (χ1n) is 5.76. The fourth-order valence-corrected chi connectivity index (χ4v) is 1.45. The molecule has 5 heteroatoms. The predicted octanol–water partition coefficient (Wildman–Crippen LogP) is 1.36. The Labute approximate surface area is 112 Å². The van der Waals surface area contributed by atoms with Gasteiger partial charge < -0.3 is 10.6 Å². The molecule has 1 rings (SSSR count). The highest BCUT2D eigenvalue weighted by molar-refractivity contribution is 6.27. The van der Waals surface area contributed by atoms with Gasteiger partial charge in [-0.1, -0.05) is 29.8 Å². The van der Waals surface area contributed by atoms with Crippen LogP contribution in [0.1, 0.15) is 17.5 Å². The summed E-state index contributed by atoms with van der Waals surface area (Å²) >= 11 is 5.31. The largest absolute Gasteiger partial charge is 0.355 e. The second-order valence-corrected chi connectivity index (χ2v) is 4.26. The lowest BCUT2D eigenvalue weighted by Crippen LogP contribution is -2.31. The van der Waals surface area contributed by atoms with Crippen LogP contribution in [0.5, 0.6) is 0 Å². The van der Waals surface area contributed by atoms with Crippen LogP contribution in [0.15, 0.2) is 24.3 Å². The van der Waals surface area contributed by atoms with Crippen molar-refractivity contribution in [2.75, 3.05) is 12.4 Å². The van der Waals surface area contributed by atoms with Gasteiger partial charge >= 0.3 is 0 Å². The Hall–Kier alpha value is -1.55. The third-order valence-corrected chi connectivity index (χ3v) is 2.65. The minimum Gasteiger partial charge on any atom is -0.355 e. The van der Waals surface area contributed by atoms with Crippen LogP contribution in [0.4, 0.5) is 0 Å². The fraction of sp³-hybridized carbons (Fsp3) is 0.385. The van der Waals surface area contributed by atoms with Crippen molar-refractivity contribution >= 4 is 23.4 Å². The van der Waals surface area contributed by atoms with Crippen molar-refractivity contribution in [3.8, 4) is 0 Å². The van der Waals surface area contributed by atoms with Gasteiger partial charge in [-0.3, -0.25) is 9.59 Å². The highest BCUT2D eigenvalue weighted by Gasteiger charge is 2.03. The van der Waals surface area contributed by atoms with E-state index in [-0.39, 0.29) is 24.1 Å². The molecule has 0 heterocycles. The Morgan fingerprint density at radius 3 is 2.39 bits per heavy atom. The lowest BCUT2D eigenvalue weighted by molar-refractivity contribution is -0.121. The number of carbonyl (C=O) groups is 2. The van der Waals surface area contributed by atoms with E-state index in [0.717, 1.165) is 5.56 Å². The summed E-state index contributed by atoms with van der Waals surface area (Å²) in [7, 11) is 0. The Morgan fingerprint density at radius 2 is 1.78 bits per heavy atom. The minimum absolute atomic E-state index is 0.0784. The van der Waals surface area contributed by atoms with Crippen molar-refractivity contribution in [1.82, 2.24) is 10.6 Å². The maximum absolute atomic E-state index is 11.5. The lowest BCUT2D eigenvalue weighted by Gasteiger charge is -2.06. The summed E-state index contributed by atoms with van der Waals surface area (Å²) in [5, 5.41) is 5.32. The van der Waals surface area contributed by atoms with Gasteiger partial charge in [0.1, 0.15) is 5.88 Å². The van der Waals surface area contributed by atoms with Gasteiger partial charge in [-0.15, -0.1) is 11.6 Å². The number of hydrogen-bond donors (Lipinski definition) is 2. The summed E-state index contributed by atoms with van der Waals surface area (Å²) in [4.78, 5) is 22.3. The van der Waals surface area contributed by atoms with Gasteiger partial charge in [0.25, 0.3) is 0 Å². The van der Waals surface area contributed by atoms with E-state index in [9.17, 15) is 9.59 Å². The number of benzene rings is 1. The molecule has 2 N–H and O–H groups in total. The van der Waals surface area contributed by atoms with Crippen LogP contribution in [0.25, 0.3) is 0 Å². The molecule has 98 valence electrons. The van der Waals surface area contributed by atoms with Crippen molar-refractivity contribution in [3.63, 3.8) is 0 Å². The van der Waals surface area contributed by atoms with Crippen molar-refractivity contribution in [2.24, 2.45) is 0 Å². The van der Waals surface area contributed by atoms with Crippen molar-refractivity contribution in [2.45, 2.75) is 19.9 Å². The SMILES string of the molecule is Cc1ccc(CNC(=O)CCNC(=O)CCl)cc1. The molecule has 4 nitrogen and oxygen atoms in total. The van der Waals surface area contributed by atoms with E-state index >= 15 is 0 Å². The van der Waals surface area contributed by atoms with Crippen LogP contribution in [-0.4, -0.2) is 24.2 Å². The Bertz CT molecular complexity index is 404. The van der Waals surface area contributed by atoms with E-state index in [2.05, 4.69) is 10.6 Å². The molecule has 1 aromatic carbocycles. The van der Waals surface area contributed by atoms with Gasteiger partial charge in [0.15, 0.2) is 0 Å². The predicted molar refractivity (Wildman–Crippen MR) is 71.4 cm³/mol. The smallest absolute Gasteiger partial charge is 0.234 e. The topological polar surface area (TPSA) is 58.2 Å². The first-order valence-corrected chi connectivity index (χ1v) is 6.30. The molecule has 0 atom stereocenters. The molecule has 0 aromatic heterocycles. The van der Waals surface area contributed by atoms with Crippen LogP contribution in [0.2, 0.25) is 0 Å². The third-order valence-electron chi connectivity index (χ3n) is 2.41. The molecule has 0 radical (unpaired) electrons. The highest BCUT2D eigenvalue weighted by Crippen LogP contribution is 2.02. The van der Waals surface area contributed by atoms with Crippen LogP contribution >= 0.6 is 11.6 Å². The quantitative estimate of drug-likeness (QED) is 0.766. The number of nitrogens with one attached hydrogen (secondary N) is 2. The first kappa shape index (κ1) is 14.5. The molecule has 0 spiro atoms. The summed E-state index contributed by atoms with van der Waals surface area (Å²) in [6.07, 6.45) is 0.258. The van der Waals surface area contributed by atoms with Gasteiger partial charge in [0.2, 0.25) is 11.8 Å². The van der Waals surface area contributed by atoms with E-state index < -0.39 is 0 Å². The monoisotopic (exact) mass is 268 g/mol. The molecule has 2 amide bonds. The van der Waals surface area contributed by atoms with E-state index in [0.29, 0.717) is 13.1 Å². The zero-order valence-electron chi connectivity index (χ0n) is 10.3. The van der Waals surface area contributed by atoms with Gasteiger partial charge in [-0.2, -0.15) is 0 Å². The average molecular weight is 269 g/mol. The van der Waals surface area contributed by atoms with E-state index in [1.807, 2.05) is 31.2 Å². The number of aryl methyl sites for hydroxylation is 1. The van der Waals surface area contributed by atoms with Gasteiger partial charge in [0.05, 0.1) is 0 Å². The number of hydrogen-bond acceptors (Lipinski definition) is 2. The average Bonchev–Trinajstić information content (AvgIpc) is 2.38. The molecule has 18 heavy (non-hydrogen) atoms. The standard InChI is InChI=1S/C13H17ClN2O2/c1-10-2-4-11(5-3-10)9-16-12(17)6-7-15-13(18)8-14/h2-5H,6-9H2,1H3,(H,15,18)(H,16,17). The van der Waals surface area contributed by atoms with Gasteiger partial charge in [0, 0.05) is 19.5 Å². The van der Waals surface area contributed by atoms with Crippen LogP contribution in [0, 0.1) is 6.92 Å². The Morgan fingerprint density at radius 1 is 1.11 bits per heavy atom. The van der Waals surface area contributed by atoms with Gasteiger partial charge in [-0.25, -0.2) is 0 Å². The molecule has 0 fully saturated rings.